The number of fused-ring (bicyclic) bond motifs is 1. The molecule has 8 heteroatoms. The van der Waals surface area contributed by atoms with Crippen LogP contribution < -0.4 is 15.4 Å². The van der Waals surface area contributed by atoms with E-state index >= 15 is 0 Å². The Morgan fingerprint density at radius 1 is 0.969 bits per heavy atom. The lowest BCUT2D eigenvalue weighted by Crippen LogP contribution is -2.13. The van der Waals surface area contributed by atoms with Gasteiger partial charge in [-0.2, -0.15) is 5.10 Å². The Morgan fingerprint density at radius 3 is 2.66 bits per heavy atom. The third kappa shape index (κ3) is 4.06. The van der Waals surface area contributed by atoms with E-state index in [0.717, 1.165) is 27.3 Å². The van der Waals surface area contributed by atoms with E-state index in [9.17, 15) is 4.79 Å². The normalized spacial score (nSPS) is 10.8. The molecule has 0 aliphatic heterocycles. The first-order valence-electron chi connectivity index (χ1n) is 9.86. The van der Waals surface area contributed by atoms with Gasteiger partial charge in [0.1, 0.15) is 5.75 Å². The summed E-state index contributed by atoms with van der Waals surface area (Å²) >= 11 is 0. The molecule has 7 nitrogen and oxygen atoms in total. The number of H-pyrrole nitrogens is 1. The smallest absolute Gasteiger partial charge is 0.276 e. The average Bonchev–Trinajstić information content (AvgIpc) is 3.26. The highest BCUT2D eigenvalue weighted by Crippen LogP contribution is 2.26. The van der Waals surface area contributed by atoms with Gasteiger partial charge in [0.05, 0.1) is 17.4 Å². The molecule has 0 saturated carbocycles. The number of rotatable bonds is 5. The zero-order valence-electron chi connectivity index (χ0n) is 16.8. The number of nitrogens with one attached hydrogen (secondary N) is 2. The Labute approximate surface area is 186 Å². The van der Waals surface area contributed by atoms with Crippen molar-refractivity contribution in [1.82, 2.24) is 20.2 Å². The van der Waals surface area contributed by atoms with Crippen LogP contribution >= 0.6 is 9.24 Å². The molecule has 0 saturated heterocycles. The molecule has 0 aliphatic carbocycles. The quantitative estimate of drug-likeness (QED) is 0.392. The van der Waals surface area contributed by atoms with Crippen molar-refractivity contribution in [2.24, 2.45) is 0 Å². The maximum Gasteiger partial charge on any atom is 0.276 e. The van der Waals surface area contributed by atoms with Crippen LogP contribution in [0.2, 0.25) is 0 Å². The Bertz CT molecular complexity index is 1400. The molecular formula is C24H18N5O2P. The first kappa shape index (κ1) is 19.8. The molecule has 2 aromatic carbocycles. The summed E-state index contributed by atoms with van der Waals surface area (Å²) in [6, 6.07) is 20.7. The van der Waals surface area contributed by atoms with Gasteiger partial charge in [0.25, 0.3) is 5.91 Å². The second-order valence-corrected chi connectivity index (χ2v) is 7.68. The topological polar surface area (TPSA) is 92.8 Å². The summed E-state index contributed by atoms with van der Waals surface area (Å²) in [7, 11) is 2.62. The number of hydrogen-bond donors (Lipinski definition) is 2. The van der Waals surface area contributed by atoms with E-state index in [0.29, 0.717) is 23.0 Å². The van der Waals surface area contributed by atoms with Crippen molar-refractivity contribution in [2.75, 3.05) is 5.32 Å². The number of pyridine rings is 2. The minimum atomic E-state index is -0.328. The zero-order chi connectivity index (χ0) is 21.9. The maximum absolute atomic E-state index is 12.9. The number of aromatic nitrogens is 4. The van der Waals surface area contributed by atoms with Gasteiger partial charge in [-0.15, -0.1) is 9.24 Å². The molecule has 0 radical (unpaired) electrons. The second-order valence-electron chi connectivity index (χ2n) is 7.05. The fraction of sp³-hybridized carbons (Fsp3) is 0. The maximum atomic E-state index is 12.9. The van der Waals surface area contributed by atoms with Crippen molar-refractivity contribution in [3.63, 3.8) is 0 Å². The first-order chi connectivity index (χ1) is 15.7. The molecule has 0 aliphatic rings. The molecule has 32 heavy (non-hydrogen) atoms. The Kier molecular flexibility index (Phi) is 5.32. The summed E-state index contributed by atoms with van der Waals surface area (Å²) in [6.07, 6.45) is 5.06. The van der Waals surface area contributed by atoms with E-state index in [4.69, 9.17) is 4.74 Å². The SMILES string of the molecule is O=C(Nc1ccc(Oc2ccccc2P)nc1)c1n[nH]c2ccc(-c3cccnc3)cc12. The molecule has 156 valence electrons. The number of hydrogen-bond acceptors (Lipinski definition) is 5. The van der Waals surface area contributed by atoms with Gasteiger partial charge < -0.3 is 10.1 Å². The van der Waals surface area contributed by atoms with Crippen molar-refractivity contribution < 1.29 is 9.53 Å². The molecule has 0 fully saturated rings. The molecule has 1 unspecified atom stereocenters. The summed E-state index contributed by atoms with van der Waals surface area (Å²) in [5.41, 5.74) is 3.55. The van der Waals surface area contributed by atoms with E-state index in [1.165, 1.54) is 0 Å². The van der Waals surface area contributed by atoms with Gasteiger partial charge in [-0.1, -0.05) is 30.3 Å². The highest BCUT2D eigenvalue weighted by Gasteiger charge is 2.15. The van der Waals surface area contributed by atoms with Crippen LogP contribution in [-0.2, 0) is 0 Å². The summed E-state index contributed by atoms with van der Waals surface area (Å²) in [5, 5.41) is 11.6. The number of nitrogens with zero attached hydrogens (tertiary/aromatic N) is 3. The minimum absolute atomic E-state index is 0.308. The van der Waals surface area contributed by atoms with E-state index in [-0.39, 0.29) is 5.91 Å². The molecule has 5 aromatic rings. The Hall–Kier alpha value is -4.09. The van der Waals surface area contributed by atoms with Crippen LogP contribution in [0.1, 0.15) is 10.5 Å². The number of carbonyl (C=O) groups excluding carboxylic acids is 1. The molecule has 0 bridgehead atoms. The third-order valence-corrected chi connectivity index (χ3v) is 5.38. The molecule has 3 aromatic heterocycles. The van der Waals surface area contributed by atoms with Crippen LogP contribution in [0.3, 0.4) is 0 Å². The average molecular weight is 439 g/mol. The summed E-state index contributed by atoms with van der Waals surface area (Å²) < 4.78 is 5.79. The second kappa shape index (κ2) is 8.57. The van der Waals surface area contributed by atoms with E-state index in [1.807, 2.05) is 54.6 Å². The highest BCUT2D eigenvalue weighted by molar-refractivity contribution is 7.27. The van der Waals surface area contributed by atoms with Gasteiger partial charge in [0.15, 0.2) is 5.69 Å². The number of aromatic amines is 1. The highest BCUT2D eigenvalue weighted by atomic mass is 31.0. The fourth-order valence-electron chi connectivity index (χ4n) is 3.29. The first-order valence-corrected chi connectivity index (χ1v) is 10.4. The number of benzene rings is 2. The van der Waals surface area contributed by atoms with Crippen molar-refractivity contribution >= 4 is 37.0 Å². The fourth-order valence-corrected chi connectivity index (χ4v) is 3.56. The number of para-hydroxylation sites is 1. The number of anilines is 1. The Morgan fingerprint density at radius 2 is 1.88 bits per heavy atom. The van der Waals surface area contributed by atoms with Crippen molar-refractivity contribution in [3.8, 4) is 22.8 Å². The van der Waals surface area contributed by atoms with Crippen LogP contribution in [0, 0.1) is 0 Å². The monoisotopic (exact) mass is 439 g/mol. The van der Waals surface area contributed by atoms with E-state index < -0.39 is 0 Å². The van der Waals surface area contributed by atoms with Crippen molar-refractivity contribution in [1.29, 1.82) is 0 Å². The van der Waals surface area contributed by atoms with Crippen LogP contribution in [0.25, 0.3) is 22.0 Å². The lowest BCUT2D eigenvalue weighted by molar-refractivity contribution is 0.102. The lowest BCUT2D eigenvalue weighted by atomic mass is 10.0. The molecule has 1 amide bonds. The van der Waals surface area contributed by atoms with Crippen LogP contribution in [0.5, 0.6) is 11.6 Å². The molecule has 1 atom stereocenters. The standard InChI is InChI=1S/C24H18N5O2P/c30-24(27-17-8-10-22(26-14-17)31-20-5-1-2-6-21(20)32)23-18-12-15(7-9-19(18)28-29-23)16-4-3-11-25-13-16/h1-14H,32H2,(H,27,30)(H,28,29). The van der Waals surface area contributed by atoms with Gasteiger partial charge in [-0.05, 0) is 35.9 Å². The van der Waals surface area contributed by atoms with E-state index in [2.05, 4.69) is 34.7 Å². The van der Waals surface area contributed by atoms with Crippen LogP contribution in [0.4, 0.5) is 5.69 Å². The van der Waals surface area contributed by atoms with Gasteiger partial charge in [-0.25, -0.2) is 4.98 Å². The van der Waals surface area contributed by atoms with Gasteiger partial charge >= 0.3 is 0 Å². The van der Waals surface area contributed by atoms with Gasteiger partial charge in [-0.3, -0.25) is 14.9 Å². The van der Waals surface area contributed by atoms with E-state index in [1.54, 1.807) is 30.7 Å². The largest absolute Gasteiger partial charge is 0.438 e. The van der Waals surface area contributed by atoms with Crippen molar-refractivity contribution in [3.05, 3.63) is 91.0 Å². The summed E-state index contributed by atoms with van der Waals surface area (Å²) in [4.78, 5) is 21.3. The Balaban J connectivity index is 1.35. The zero-order valence-corrected chi connectivity index (χ0v) is 18.0. The lowest BCUT2D eigenvalue weighted by Gasteiger charge is -2.08. The molecule has 2 N–H and O–H groups in total. The van der Waals surface area contributed by atoms with Crippen LogP contribution in [-0.4, -0.2) is 26.1 Å². The predicted octanol–water partition coefficient (Wildman–Crippen LogP) is 4.56. The third-order valence-electron chi connectivity index (χ3n) is 4.90. The van der Waals surface area contributed by atoms with Crippen LogP contribution in [0.15, 0.2) is 85.3 Å². The molecule has 5 rings (SSSR count). The molecular weight excluding hydrogens is 421 g/mol. The number of amides is 1. The minimum Gasteiger partial charge on any atom is -0.438 e. The number of carbonyl (C=O) groups is 1. The van der Waals surface area contributed by atoms with Gasteiger partial charge in [0.2, 0.25) is 5.88 Å². The number of ether oxygens (including phenoxy) is 1. The molecule has 3 heterocycles. The van der Waals surface area contributed by atoms with Gasteiger partial charge in [0, 0.05) is 34.7 Å². The predicted molar refractivity (Wildman–Crippen MR) is 127 cm³/mol. The van der Waals surface area contributed by atoms with Crippen molar-refractivity contribution in [2.45, 2.75) is 0 Å². The summed E-state index contributed by atoms with van der Waals surface area (Å²) in [6.45, 7) is 0. The summed E-state index contributed by atoms with van der Waals surface area (Å²) in [5.74, 6) is 0.809. The molecule has 0 spiro atoms.